The smallest absolute Gasteiger partial charge is 0.225 e. The minimum Gasteiger partial charge on any atom is -0.381 e. The molecule has 2 fully saturated rings. The van der Waals surface area contributed by atoms with Gasteiger partial charge in [-0.25, -0.2) is 4.39 Å². The van der Waals surface area contributed by atoms with Crippen LogP contribution in [-0.2, 0) is 20.9 Å². The monoisotopic (exact) mass is 320 g/mol. The summed E-state index contributed by atoms with van der Waals surface area (Å²) in [6.45, 7) is 2.09. The first kappa shape index (κ1) is 15.9. The van der Waals surface area contributed by atoms with Gasteiger partial charge in [-0.05, 0) is 30.5 Å². The van der Waals surface area contributed by atoms with Crippen molar-refractivity contribution in [3.8, 4) is 0 Å². The van der Waals surface area contributed by atoms with E-state index >= 15 is 0 Å². The van der Waals surface area contributed by atoms with Crippen molar-refractivity contribution < 1.29 is 18.7 Å². The lowest BCUT2D eigenvalue weighted by Crippen LogP contribution is -2.42. The predicted octanol–water partition coefficient (Wildman–Crippen LogP) is 1.47. The van der Waals surface area contributed by atoms with Crippen LogP contribution in [0.25, 0.3) is 0 Å². The molecule has 124 valence electrons. The molecule has 6 heteroatoms. The SMILES string of the molecule is O=C(N[C@@H]1CC(=O)N(Cc2cccc(F)c2)C1)C1CCOCC1. The second-order valence-electron chi connectivity index (χ2n) is 6.20. The van der Waals surface area contributed by atoms with E-state index in [1.165, 1.54) is 12.1 Å². The Hall–Kier alpha value is -1.95. The fourth-order valence-electron chi connectivity index (χ4n) is 3.16. The molecule has 2 amide bonds. The summed E-state index contributed by atoms with van der Waals surface area (Å²) in [6, 6.07) is 6.08. The molecule has 1 N–H and O–H groups in total. The topological polar surface area (TPSA) is 58.6 Å². The van der Waals surface area contributed by atoms with Gasteiger partial charge in [-0.3, -0.25) is 9.59 Å². The second kappa shape index (κ2) is 7.08. The van der Waals surface area contributed by atoms with Gasteiger partial charge < -0.3 is 15.0 Å². The summed E-state index contributed by atoms with van der Waals surface area (Å²) in [4.78, 5) is 26.0. The fourth-order valence-corrected chi connectivity index (χ4v) is 3.16. The van der Waals surface area contributed by atoms with Crippen molar-refractivity contribution in [1.82, 2.24) is 10.2 Å². The minimum absolute atomic E-state index is 0.00783. The molecule has 1 atom stereocenters. The number of hydrogen-bond acceptors (Lipinski definition) is 3. The summed E-state index contributed by atoms with van der Waals surface area (Å²) in [5.74, 6) is -0.320. The minimum atomic E-state index is -0.307. The molecule has 0 aliphatic carbocycles. The van der Waals surface area contributed by atoms with Gasteiger partial charge in [-0.1, -0.05) is 12.1 Å². The second-order valence-corrected chi connectivity index (χ2v) is 6.20. The number of likely N-dealkylation sites (tertiary alicyclic amines) is 1. The molecule has 1 aromatic rings. The lowest BCUT2D eigenvalue weighted by atomic mass is 9.99. The van der Waals surface area contributed by atoms with E-state index in [0.717, 1.165) is 18.4 Å². The summed E-state index contributed by atoms with van der Waals surface area (Å²) >= 11 is 0. The Kier molecular flexibility index (Phi) is 4.91. The van der Waals surface area contributed by atoms with E-state index in [1.807, 2.05) is 0 Å². The summed E-state index contributed by atoms with van der Waals surface area (Å²) in [6.07, 6.45) is 1.78. The lowest BCUT2D eigenvalue weighted by Gasteiger charge is -2.23. The van der Waals surface area contributed by atoms with Gasteiger partial charge in [-0.2, -0.15) is 0 Å². The number of hydrogen-bond donors (Lipinski definition) is 1. The van der Waals surface area contributed by atoms with Crippen LogP contribution in [0.2, 0.25) is 0 Å². The maximum absolute atomic E-state index is 13.2. The quantitative estimate of drug-likeness (QED) is 0.914. The largest absolute Gasteiger partial charge is 0.381 e. The van der Waals surface area contributed by atoms with E-state index in [4.69, 9.17) is 4.74 Å². The molecule has 2 heterocycles. The van der Waals surface area contributed by atoms with Gasteiger partial charge in [0.25, 0.3) is 0 Å². The van der Waals surface area contributed by atoms with Gasteiger partial charge in [0.1, 0.15) is 5.82 Å². The third-order valence-electron chi connectivity index (χ3n) is 4.42. The van der Waals surface area contributed by atoms with E-state index in [0.29, 0.717) is 32.7 Å². The highest BCUT2D eigenvalue weighted by Crippen LogP contribution is 2.18. The van der Waals surface area contributed by atoms with Crippen molar-refractivity contribution in [3.05, 3.63) is 35.6 Å². The molecule has 0 bridgehead atoms. The fraction of sp³-hybridized carbons (Fsp3) is 0.529. The highest BCUT2D eigenvalue weighted by molar-refractivity contribution is 5.83. The molecule has 0 radical (unpaired) electrons. The van der Waals surface area contributed by atoms with Crippen LogP contribution in [0.1, 0.15) is 24.8 Å². The molecule has 2 aliphatic rings. The number of rotatable bonds is 4. The number of nitrogens with one attached hydrogen (secondary N) is 1. The van der Waals surface area contributed by atoms with Gasteiger partial charge in [0.2, 0.25) is 11.8 Å². The average molecular weight is 320 g/mol. The Morgan fingerprint density at radius 1 is 1.35 bits per heavy atom. The van der Waals surface area contributed by atoms with Crippen molar-refractivity contribution in [1.29, 1.82) is 0 Å². The van der Waals surface area contributed by atoms with E-state index in [2.05, 4.69) is 5.32 Å². The van der Waals surface area contributed by atoms with E-state index in [1.54, 1.807) is 17.0 Å². The molecule has 3 rings (SSSR count). The van der Waals surface area contributed by atoms with Crippen molar-refractivity contribution in [3.63, 3.8) is 0 Å². The number of carbonyl (C=O) groups excluding carboxylic acids is 2. The third kappa shape index (κ3) is 4.07. The van der Waals surface area contributed by atoms with Crippen LogP contribution in [-0.4, -0.2) is 42.5 Å². The van der Waals surface area contributed by atoms with Crippen LogP contribution in [0.15, 0.2) is 24.3 Å². The zero-order chi connectivity index (χ0) is 16.2. The third-order valence-corrected chi connectivity index (χ3v) is 4.42. The molecule has 2 saturated heterocycles. The average Bonchev–Trinajstić information content (AvgIpc) is 2.87. The van der Waals surface area contributed by atoms with Crippen LogP contribution < -0.4 is 5.32 Å². The van der Waals surface area contributed by atoms with Crippen molar-refractivity contribution in [2.75, 3.05) is 19.8 Å². The van der Waals surface area contributed by atoms with Crippen LogP contribution in [0, 0.1) is 11.7 Å². The standard InChI is InChI=1S/C17H21FN2O3/c18-14-3-1-2-12(8-14)10-20-11-15(9-16(20)21)19-17(22)13-4-6-23-7-5-13/h1-3,8,13,15H,4-7,9-11H2,(H,19,22)/t15-/m1/s1. The zero-order valence-corrected chi connectivity index (χ0v) is 13.0. The van der Waals surface area contributed by atoms with Crippen LogP contribution in [0.4, 0.5) is 4.39 Å². The first-order valence-corrected chi connectivity index (χ1v) is 8.02. The zero-order valence-electron chi connectivity index (χ0n) is 13.0. The number of amides is 2. The molecule has 0 saturated carbocycles. The molecule has 0 spiro atoms. The van der Waals surface area contributed by atoms with Crippen LogP contribution >= 0.6 is 0 Å². The molecular weight excluding hydrogens is 299 g/mol. The molecule has 23 heavy (non-hydrogen) atoms. The maximum Gasteiger partial charge on any atom is 0.225 e. The first-order chi connectivity index (χ1) is 11.1. The van der Waals surface area contributed by atoms with Crippen molar-refractivity contribution in [2.45, 2.75) is 31.8 Å². The van der Waals surface area contributed by atoms with Gasteiger partial charge in [0.05, 0.1) is 6.04 Å². The summed E-state index contributed by atoms with van der Waals surface area (Å²) < 4.78 is 18.5. The van der Waals surface area contributed by atoms with Gasteiger partial charge in [0, 0.05) is 38.6 Å². The predicted molar refractivity (Wildman–Crippen MR) is 81.9 cm³/mol. The summed E-state index contributed by atoms with van der Waals surface area (Å²) in [5, 5.41) is 2.98. The first-order valence-electron chi connectivity index (χ1n) is 8.02. The molecular formula is C17H21FN2O3. The van der Waals surface area contributed by atoms with E-state index < -0.39 is 0 Å². The normalized spacial score (nSPS) is 22.4. The van der Waals surface area contributed by atoms with E-state index in [-0.39, 0.29) is 29.6 Å². The van der Waals surface area contributed by atoms with Crippen molar-refractivity contribution in [2.24, 2.45) is 5.92 Å². The number of nitrogens with zero attached hydrogens (tertiary/aromatic N) is 1. The lowest BCUT2D eigenvalue weighted by molar-refractivity contribution is -0.128. The molecule has 1 aromatic carbocycles. The van der Waals surface area contributed by atoms with Gasteiger partial charge >= 0.3 is 0 Å². The number of halogens is 1. The Balaban J connectivity index is 1.53. The number of carbonyl (C=O) groups is 2. The van der Waals surface area contributed by atoms with Crippen LogP contribution in [0.3, 0.4) is 0 Å². The molecule has 2 aliphatic heterocycles. The molecule has 0 aromatic heterocycles. The highest BCUT2D eigenvalue weighted by Gasteiger charge is 2.32. The maximum atomic E-state index is 13.2. The van der Waals surface area contributed by atoms with Gasteiger partial charge in [-0.15, -0.1) is 0 Å². The van der Waals surface area contributed by atoms with Crippen molar-refractivity contribution >= 4 is 11.8 Å². The number of ether oxygens (including phenoxy) is 1. The number of benzene rings is 1. The Morgan fingerprint density at radius 2 is 2.13 bits per heavy atom. The highest BCUT2D eigenvalue weighted by atomic mass is 19.1. The molecule has 0 unspecified atom stereocenters. The van der Waals surface area contributed by atoms with Crippen LogP contribution in [0.5, 0.6) is 0 Å². The Labute approximate surface area is 134 Å². The van der Waals surface area contributed by atoms with E-state index in [9.17, 15) is 14.0 Å². The van der Waals surface area contributed by atoms with Gasteiger partial charge in [0.15, 0.2) is 0 Å². The summed E-state index contributed by atoms with van der Waals surface area (Å²) in [5.41, 5.74) is 0.759. The Bertz CT molecular complexity index is 587. The summed E-state index contributed by atoms with van der Waals surface area (Å²) in [7, 11) is 0. The molecule has 5 nitrogen and oxygen atoms in total. The Morgan fingerprint density at radius 3 is 2.87 bits per heavy atom.